The first-order chi connectivity index (χ1) is 15.8. The van der Waals surface area contributed by atoms with Gasteiger partial charge in [0.15, 0.2) is 6.61 Å². The predicted molar refractivity (Wildman–Crippen MR) is 122 cm³/mol. The van der Waals surface area contributed by atoms with Gasteiger partial charge in [-0.15, -0.1) is 5.10 Å². The number of hydrogen-bond donors (Lipinski definition) is 1. The highest BCUT2D eigenvalue weighted by atomic mass is 16.5. The van der Waals surface area contributed by atoms with Gasteiger partial charge in [0, 0.05) is 5.56 Å². The molecule has 0 spiro atoms. The fraction of sp³-hybridized carbons (Fsp3) is 0.0417. The molecule has 0 saturated heterocycles. The summed E-state index contributed by atoms with van der Waals surface area (Å²) >= 11 is 0. The summed E-state index contributed by atoms with van der Waals surface area (Å²) in [7, 11) is 0. The summed E-state index contributed by atoms with van der Waals surface area (Å²) in [6.07, 6.45) is 3.18. The van der Waals surface area contributed by atoms with Gasteiger partial charge in [0.05, 0.1) is 11.9 Å². The second kappa shape index (κ2) is 8.65. The molecule has 1 heterocycles. The van der Waals surface area contributed by atoms with Gasteiger partial charge in [-0.25, -0.2) is 10.1 Å². The van der Waals surface area contributed by atoms with E-state index in [1.807, 2.05) is 36.4 Å². The molecule has 0 saturated carbocycles. The van der Waals surface area contributed by atoms with E-state index in [1.165, 1.54) is 11.0 Å². The van der Waals surface area contributed by atoms with Crippen molar-refractivity contribution in [1.29, 1.82) is 0 Å². The summed E-state index contributed by atoms with van der Waals surface area (Å²) in [6.45, 7) is -0.155. The highest BCUT2D eigenvalue weighted by Crippen LogP contribution is 2.27. The number of aromatic nitrogens is 4. The van der Waals surface area contributed by atoms with Crippen molar-refractivity contribution in [3.63, 3.8) is 0 Å². The lowest BCUT2D eigenvalue weighted by Gasteiger charge is -2.08. The van der Waals surface area contributed by atoms with Crippen LogP contribution in [0.4, 0.5) is 0 Å². The van der Waals surface area contributed by atoms with Crippen molar-refractivity contribution in [3.05, 3.63) is 90.8 Å². The predicted octanol–water partition coefficient (Wildman–Crippen LogP) is 3.50. The van der Waals surface area contributed by atoms with Gasteiger partial charge in [-0.3, -0.25) is 4.79 Å². The largest absolute Gasteiger partial charge is 0.484 e. The van der Waals surface area contributed by atoms with Crippen LogP contribution in [0.5, 0.6) is 5.75 Å². The number of nitrogens with one attached hydrogen (secondary N) is 1. The van der Waals surface area contributed by atoms with Crippen LogP contribution >= 0.6 is 0 Å². The molecule has 0 atom stereocenters. The summed E-state index contributed by atoms with van der Waals surface area (Å²) in [5.41, 5.74) is 4.29. The van der Waals surface area contributed by atoms with Crippen molar-refractivity contribution in [1.82, 2.24) is 25.6 Å². The van der Waals surface area contributed by atoms with E-state index in [9.17, 15) is 4.79 Å². The van der Waals surface area contributed by atoms with E-state index in [1.54, 1.807) is 30.5 Å². The van der Waals surface area contributed by atoms with Gasteiger partial charge >= 0.3 is 0 Å². The van der Waals surface area contributed by atoms with Crippen molar-refractivity contribution in [2.45, 2.75) is 0 Å². The second-order valence-corrected chi connectivity index (χ2v) is 7.06. The van der Waals surface area contributed by atoms with Crippen molar-refractivity contribution >= 4 is 33.7 Å². The van der Waals surface area contributed by atoms with Crippen LogP contribution in [0.1, 0.15) is 5.56 Å². The smallest absolute Gasteiger partial charge is 0.277 e. The summed E-state index contributed by atoms with van der Waals surface area (Å²) < 4.78 is 7.07. The molecule has 32 heavy (non-hydrogen) atoms. The van der Waals surface area contributed by atoms with E-state index in [2.05, 4.69) is 44.3 Å². The number of tetrazole rings is 1. The van der Waals surface area contributed by atoms with Crippen molar-refractivity contribution in [2.75, 3.05) is 6.61 Å². The molecule has 5 aromatic rings. The molecule has 5 rings (SSSR count). The van der Waals surface area contributed by atoms with E-state index in [0.717, 1.165) is 32.8 Å². The summed E-state index contributed by atoms with van der Waals surface area (Å²) in [5, 5.41) is 19.6. The molecule has 0 radical (unpaired) electrons. The zero-order valence-electron chi connectivity index (χ0n) is 16.9. The number of ether oxygens (including phenoxy) is 1. The first kappa shape index (κ1) is 19.4. The minimum atomic E-state index is -0.352. The Morgan fingerprint density at radius 3 is 2.31 bits per heavy atom. The van der Waals surface area contributed by atoms with Crippen LogP contribution in [0.15, 0.2) is 90.3 Å². The van der Waals surface area contributed by atoms with E-state index in [0.29, 0.717) is 5.75 Å². The second-order valence-electron chi connectivity index (χ2n) is 7.06. The fourth-order valence-electron chi connectivity index (χ4n) is 3.51. The quantitative estimate of drug-likeness (QED) is 0.257. The molecule has 8 heteroatoms. The molecule has 0 aliphatic heterocycles. The molecule has 0 fully saturated rings. The number of carbonyl (C=O) groups is 1. The highest BCUT2D eigenvalue weighted by Gasteiger charge is 2.06. The standard InChI is InChI=1S/C24H18N6O2/c31-24(15-32-20-11-9-19(10-12-20)30-16-26-28-29-30)27-25-14-23-21-7-3-1-5-17(21)13-18-6-2-4-8-22(18)23/h1-14,16H,15H2,(H,27,31). The average molecular weight is 422 g/mol. The minimum absolute atomic E-state index is 0.155. The van der Waals surface area contributed by atoms with Crippen molar-refractivity contribution < 1.29 is 9.53 Å². The minimum Gasteiger partial charge on any atom is -0.484 e. The number of nitrogens with zero attached hydrogens (tertiary/aromatic N) is 5. The van der Waals surface area contributed by atoms with E-state index in [4.69, 9.17) is 4.74 Å². The van der Waals surface area contributed by atoms with E-state index < -0.39 is 0 Å². The molecule has 8 nitrogen and oxygen atoms in total. The van der Waals surface area contributed by atoms with Gasteiger partial charge < -0.3 is 4.74 Å². The monoisotopic (exact) mass is 422 g/mol. The lowest BCUT2D eigenvalue weighted by molar-refractivity contribution is -0.123. The Morgan fingerprint density at radius 2 is 1.66 bits per heavy atom. The van der Waals surface area contributed by atoms with Crippen LogP contribution in [0.2, 0.25) is 0 Å². The first-order valence-electron chi connectivity index (χ1n) is 9.96. The Balaban J connectivity index is 1.26. The van der Waals surface area contributed by atoms with Crippen molar-refractivity contribution in [2.24, 2.45) is 5.10 Å². The maximum absolute atomic E-state index is 12.2. The SMILES string of the molecule is O=C(COc1ccc(-n2cnnn2)cc1)NN=Cc1c2ccccc2cc2ccccc12. The maximum Gasteiger partial charge on any atom is 0.277 e. The Labute approximate surface area is 183 Å². The number of benzene rings is 4. The van der Waals surface area contributed by atoms with Crippen LogP contribution in [-0.4, -0.2) is 38.9 Å². The Bertz CT molecular complexity index is 1360. The molecule has 1 amide bonds. The third-order valence-corrected chi connectivity index (χ3v) is 5.02. The van der Waals surface area contributed by atoms with Gasteiger partial charge in [0.25, 0.3) is 5.91 Å². The van der Waals surface area contributed by atoms with Gasteiger partial charge in [-0.05, 0) is 62.3 Å². The van der Waals surface area contributed by atoms with Crippen molar-refractivity contribution in [3.8, 4) is 11.4 Å². The third-order valence-electron chi connectivity index (χ3n) is 5.02. The van der Waals surface area contributed by atoms with Crippen LogP contribution in [0, 0.1) is 0 Å². The Kier molecular flexibility index (Phi) is 5.24. The number of rotatable bonds is 6. The summed E-state index contributed by atoms with van der Waals surface area (Å²) in [5.74, 6) is 0.205. The Morgan fingerprint density at radius 1 is 0.969 bits per heavy atom. The van der Waals surface area contributed by atoms with Gasteiger partial charge in [-0.2, -0.15) is 5.10 Å². The number of hydrogen-bond acceptors (Lipinski definition) is 6. The third kappa shape index (κ3) is 4.01. The molecule has 0 aliphatic carbocycles. The molecule has 4 aromatic carbocycles. The molecular weight excluding hydrogens is 404 g/mol. The number of carbonyl (C=O) groups excluding carboxylic acids is 1. The van der Waals surface area contributed by atoms with Crippen LogP contribution in [0.3, 0.4) is 0 Å². The van der Waals surface area contributed by atoms with Gasteiger partial charge in [-0.1, -0.05) is 48.5 Å². The molecular formula is C24H18N6O2. The zero-order valence-corrected chi connectivity index (χ0v) is 16.9. The summed E-state index contributed by atoms with van der Waals surface area (Å²) in [4.78, 5) is 12.2. The highest BCUT2D eigenvalue weighted by molar-refractivity contribution is 6.13. The molecule has 156 valence electrons. The molecule has 0 aliphatic rings. The molecule has 0 unspecified atom stereocenters. The number of amides is 1. The Hall–Kier alpha value is -4.59. The molecule has 0 bridgehead atoms. The number of hydrazone groups is 1. The molecule has 1 aromatic heterocycles. The lowest BCUT2D eigenvalue weighted by Crippen LogP contribution is -2.24. The zero-order chi connectivity index (χ0) is 21.8. The van der Waals surface area contributed by atoms with Crippen LogP contribution in [0.25, 0.3) is 27.2 Å². The number of fused-ring (bicyclic) bond motifs is 2. The van der Waals surface area contributed by atoms with E-state index >= 15 is 0 Å². The first-order valence-corrected chi connectivity index (χ1v) is 9.96. The topological polar surface area (TPSA) is 94.3 Å². The lowest BCUT2D eigenvalue weighted by atomic mass is 9.97. The maximum atomic E-state index is 12.2. The van der Waals surface area contributed by atoms with E-state index in [-0.39, 0.29) is 12.5 Å². The van der Waals surface area contributed by atoms with Gasteiger partial charge in [0.2, 0.25) is 0 Å². The van der Waals surface area contributed by atoms with Gasteiger partial charge in [0.1, 0.15) is 12.1 Å². The average Bonchev–Trinajstić information content (AvgIpc) is 3.38. The fourth-order valence-corrected chi connectivity index (χ4v) is 3.51. The van der Waals surface area contributed by atoms with Crippen LogP contribution in [-0.2, 0) is 4.79 Å². The molecule has 1 N–H and O–H groups in total. The normalized spacial score (nSPS) is 11.2. The summed E-state index contributed by atoms with van der Waals surface area (Å²) in [6, 6.07) is 25.5. The van der Waals surface area contributed by atoms with Crippen LogP contribution < -0.4 is 10.2 Å².